The lowest BCUT2D eigenvalue weighted by Crippen LogP contribution is -2.30. The molecule has 2 N–H and O–H groups in total. The van der Waals surface area contributed by atoms with Crippen molar-refractivity contribution in [2.24, 2.45) is 0 Å². The summed E-state index contributed by atoms with van der Waals surface area (Å²) in [7, 11) is 1.65. The van der Waals surface area contributed by atoms with Crippen molar-refractivity contribution in [3.63, 3.8) is 0 Å². The van der Waals surface area contributed by atoms with Crippen LogP contribution in [0.1, 0.15) is 16.7 Å². The number of anilines is 1. The van der Waals surface area contributed by atoms with E-state index in [9.17, 15) is 5.26 Å². The van der Waals surface area contributed by atoms with Gasteiger partial charge in [0.05, 0.1) is 12.5 Å². The minimum absolute atomic E-state index is 0.432. The molecule has 25 heavy (non-hydrogen) atoms. The Labute approximate surface area is 142 Å². The molecule has 0 amide bonds. The van der Waals surface area contributed by atoms with E-state index in [-0.39, 0.29) is 0 Å². The van der Waals surface area contributed by atoms with Crippen molar-refractivity contribution in [2.45, 2.75) is 13.8 Å². The molecule has 0 bridgehead atoms. The van der Waals surface area contributed by atoms with E-state index in [4.69, 9.17) is 10.5 Å². The van der Waals surface area contributed by atoms with E-state index >= 15 is 0 Å². The van der Waals surface area contributed by atoms with Crippen LogP contribution in [-0.2, 0) is 0 Å². The van der Waals surface area contributed by atoms with E-state index in [1.54, 1.807) is 13.4 Å². The highest BCUT2D eigenvalue weighted by Gasteiger charge is 2.29. The largest absolute Gasteiger partial charge is 0.496 e. The predicted octanol–water partition coefficient (Wildman–Crippen LogP) is 2.00. The van der Waals surface area contributed by atoms with Crippen molar-refractivity contribution in [1.82, 2.24) is 14.0 Å². The third-order valence-electron chi connectivity index (χ3n) is 5.00. The van der Waals surface area contributed by atoms with Gasteiger partial charge in [-0.05, 0) is 32.0 Å². The topological polar surface area (TPSA) is 84.8 Å². The Morgan fingerprint density at radius 3 is 2.84 bits per heavy atom. The maximum absolute atomic E-state index is 9.67. The highest BCUT2D eigenvalue weighted by Crippen LogP contribution is 2.31. The second kappa shape index (κ2) is 4.30. The number of hydrogen-bond acceptors (Lipinski definition) is 4. The third kappa shape index (κ3) is 1.41. The number of aromatic nitrogens is 4. The van der Waals surface area contributed by atoms with E-state index in [2.05, 4.69) is 11.1 Å². The van der Waals surface area contributed by atoms with Crippen LogP contribution in [0.5, 0.6) is 5.75 Å². The standard InChI is InChI=1S/C18H15N6O/c1-9-6-11-12(7-19)16(20)23-15-10(2)14(25-3)5-4-13(15)22-8-21-17(9)24(22)18(11)23/h4-6,8H,20H2,1-3H3/q+1. The fourth-order valence-electron chi connectivity index (χ4n) is 3.88. The number of hydrogen-bond donors (Lipinski definition) is 1. The first-order valence-electron chi connectivity index (χ1n) is 7.89. The van der Waals surface area contributed by atoms with Crippen LogP contribution in [0.15, 0.2) is 24.5 Å². The summed E-state index contributed by atoms with van der Waals surface area (Å²) in [6.07, 6.45) is 1.80. The molecule has 0 saturated carbocycles. The van der Waals surface area contributed by atoms with Gasteiger partial charge in [0.2, 0.25) is 11.5 Å². The van der Waals surface area contributed by atoms with Crippen LogP contribution in [-0.4, -0.2) is 21.1 Å². The van der Waals surface area contributed by atoms with Gasteiger partial charge >= 0.3 is 0 Å². The van der Waals surface area contributed by atoms with Gasteiger partial charge < -0.3 is 10.5 Å². The second-order valence-corrected chi connectivity index (χ2v) is 6.26. The maximum Gasteiger partial charge on any atom is 0.267 e. The van der Waals surface area contributed by atoms with E-state index < -0.39 is 0 Å². The lowest BCUT2D eigenvalue weighted by atomic mass is 10.1. The molecule has 5 aromatic rings. The number of nitriles is 1. The summed E-state index contributed by atoms with van der Waals surface area (Å²) in [5.74, 6) is 1.21. The average molecular weight is 331 g/mol. The van der Waals surface area contributed by atoms with Gasteiger partial charge in [-0.1, -0.05) is 0 Å². The molecular weight excluding hydrogens is 316 g/mol. The van der Waals surface area contributed by atoms with Crippen molar-refractivity contribution in [1.29, 1.82) is 5.26 Å². The number of nitrogens with two attached hydrogens (primary N) is 1. The summed E-state index contributed by atoms with van der Waals surface area (Å²) >= 11 is 0. The Hall–Kier alpha value is -3.53. The Bertz CT molecular complexity index is 1370. The van der Waals surface area contributed by atoms with E-state index in [1.807, 2.05) is 45.5 Å². The molecule has 1 aromatic carbocycles. The average Bonchev–Trinajstić information content (AvgIpc) is 3.15. The molecule has 0 saturated heterocycles. The number of nitrogen functional groups attached to an aromatic ring is 1. The van der Waals surface area contributed by atoms with Crippen molar-refractivity contribution >= 4 is 33.5 Å². The number of aryl methyl sites for hydroxylation is 2. The number of pyridine rings is 1. The smallest absolute Gasteiger partial charge is 0.267 e. The number of methoxy groups -OCH3 is 1. The highest BCUT2D eigenvalue weighted by molar-refractivity contribution is 5.91. The quantitative estimate of drug-likeness (QED) is 0.376. The number of fused-ring (bicyclic) bond motifs is 3. The van der Waals surface area contributed by atoms with Crippen LogP contribution < -0.4 is 14.9 Å². The van der Waals surface area contributed by atoms with E-state index in [0.717, 1.165) is 44.6 Å². The fourth-order valence-corrected chi connectivity index (χ4v) is 3.88. The zero-order valence-electron chi connectivity index (χ0n) is 14.0. The van der Waals surface area contributed by atoms with E-state index in [1.165, 1.54) is 0 Å². The van der Waals surface area contributed by atoms with Crippen LogP contribution in [0.3, 0.4) is 0 Å². The van der Waals surface area contributed by atoms with Gasteiger partial charge in [-0.3, -0.25) is 0 Å². The summed E-state index contributed by atoms with van der Waals surface area (Å²) in [5.41, 5.74) is 12.4. The summed E-state index contributed by atoms with van der Waals surface area (Å²) in [5, 5.41) is 10.5. The van der Waals surface area contributed by atoms with Crippen LogP contribution >= 0.6 is 0 Å². The molecule has 4 aromatic heterocycles. The summed E-state index contributed by atoms with van der Waals surface area (Å²) in [6, 6.07) is 8.16. The normalized spacial score (nSPS) is 11.9. The third-order valence-corrected chi connectivity index (χ3v) is 5.00. The van der Waals surface area contributed by atoms with Gasteiger partial charge in [0.1, 0.15) is 34.7 Å². The van der Waals surface area contributed by atoms with Crippen LogP contribution in [0, 0.1) is 25.2 Å². The van der Waals surface area contributed by atoms with Crippen LogP contribution in [0.4, 0.5) is 5.82 Å². The summed E-state index contributed by atoms with van der Waals surface area (Å²) in [4.78, 5) is 4.57. The SMILES string of the molecule is COc1ccc2c(c1C)[n+]1c(N)c(C#N)c3cc(C)c4ncn2n4c31. The lowest BCUT2D eigenvalue weighted by molar-refractivity contribution is -0.465. The number of benzene rings is 1. The van der Waals surface area contributed by atoms with E-state index in [0.29, 0.717) is 11.4 Å². The first kappa shape index (κ1) is 13.9. The predicted molar refractivity (Wildman–Crippen MR) is 93.2 cm³/mol. The zero-order chi connectivity index (χ0) is 17.5. The number of ether oxygens (including phenoxy) is 1. The van der Waals surface area contributed by atoms with Gasteiger partial charge in [-0.25, -0.2) is 4.98 Å². The van der Waals surface area contributed by atoms with Crippen LogP contribution in [0.2, 0.25) is 0 Å². The monoisotopic (exact) mass is 331 g/mol. The molecule has 5 rings (SSSR count). The maximum atomic E-state index is 9.67. The molecule has 0 aliphatic heterocycles. The Morgan fingerprint density at radius 1 is 1.32 bits per heavy atom. The molecule has 7 nitrogen and oxygen atoms in total. The molecule has 0 aliphatic rings. The summed E-state index contributed by atoms with van der Waals surface area (Å²) in [6.45, 7) is 3.98. The van der Waals surface area contributed by atoms with Crippen molar-refractivity contribution in [3.05, 3.63) is 41.2 Å². The minimum atomic E-state index is 0.432. The molecule has 0 radical (unpaired) electrons. The van der Waals surface area contributed by atoms with Crippen LogP contribution in [0.25, 0.3) is 27.7 Å². The van der Waals surface area contributed by atoms with Gasteiger partial charge in [0.25, 0.3) is 5.65 Å². The first-order chi connectivity index (χ1) is 12.1. The van der Waals surface area contributed by atoms with Gasteiger partial charge in [-0.2, -0.15) is 14.2 Å². The van der Waals surface area contributed by atoms with Crippen molar-refractivity contribution in [2.75, 3.05) is 12.8 Å². The molecule has 0 aliphatic carbocycles. The lowest BCUT2D eigenvalue weighted by Gasteiger charge is -2.11. The summed E-state index contributed by atoms with van der Waals surface area (Å²) < 4.78 is 11.4. The fraction of sp³-hybridized carbons (Fsp3) is 0.167. The highest BCUT2D eigenvalue weighted by atomic mass is 16.5. The van der Waals surface area contributed by atoms with Crippen molar-refractivity contribution in [3.8, 4) is 11.8 Å². The van der Waals surface area contributed by atoms with Gasteiger partial charge in [-0.15, -0.1) is 4.52 Å². The minimum Gasteiger partial charge on any atom is -0.496 e. The second-order valence-electron chi connectivity index (χ2n) is 6.26. The molecule has 0 fully saturated rings. The number of nitrogens with zero attached hydrogens (tertiary/aromatic N) is 5. The molecule has 7 heteroatoms. The zero-order valence-corrected chi connectivity index (χ0v) is 14.0. The first-order valence-corrected chi connectivity index (χ1v) is 7.89. The molecule has 0 spiro atoms. The molecule has 4 heterocycles. The number of rotatable bonds is 1. The van der Waals surface area contributed by atoms with Gasteiger partial charge in [0.15, 0.2) is 0 Å². The molecule has 0 unspecified atom stereocenters. The Morgan fingerprint density at radius 2 is 2.12 bits per heavy atom. The van der Waals surface area contributed by atoms with Crippen molar-refractivity contribution < 1.29 is 9.14 Å². The molecule has 0 atom stereocenters. The Kier molecular flexibility index (Phi) is 2.39. The molecule has 122 valence electrons. The molecular formula is C18H15N6O+. The Balaban J connectivity index is 2.26. The van der Waals surface area contributed by atoms with Gasteiger partial charge in [0, 0.05) is 11.1 Å².